The molecule has 0 bridgehead atoms. The number of aryl methyl sites for hydroxylation is 1. The van der Waals surface area contributed by atoms with Crippen molar-refractivity contribution in [2.75, 3.05) is 10.6 Å². The highest BCUT2D eigenvalue weighted by molar-refractivity contribution is 6.31. The maximum Gasteiger partial charge on any atom is 0.573 e. The van der Waals surface area contributed by atoms with Crippen LogP contribution in [0, 0.1) is 6.92 Å². The molecule has 0 fully saturated rings. The number of benzene rings is 2. The molecule has 122 valence electrons. The lowest BCUT2D eigenvalue weighted by Crippen LogP contribution is -2.20. The summed E-state index contributed by atoms with van der Waals surface area (Å²) in [6, 6.07) is 9.30. The third-order valence-electron chi connectivity index (χ3n) is 2.79. The van der Waals surface area contributed by atoms with Crippen LogP contribution in [0.2, 0.25) is 5.02 Å². The summed E-state index contributed by atoms with van der Waals surface area (Å²) in [4.78, 5) is 11.9. The molecule has 4 nitrogen and oxygen atoms in total. The summed E-state index contributed by atoms with van der Waals surface area (Å²) >= 11 is 5.85. The van der Waals surface area contributed by atoms with Crippen LogP contribution in [-0.4, -0.2) is 12.4 Å². The average Bonchev–Trinajstić information content (AvgIpc) is 2.43. The van der Waals surface area contributed by atoms with E-state index < -0.39 is 12.4 Å². The first-order valence-electron chi connectivity index (χ1n) is 6.43. The van der Waals surface area contributed by atoms with Gasteiger partial charge in [-0.3, -0.25) is 0 Å². The van der Waals surface area contributed by atoms with Crippen molar-refractivity contribution in [2.24, 2.45) is 0 Å². The van der Waals surface area contributed by atoms with Crippen LogP contribution in [0.25, 0.3) is 0 Å². The zero-order chi connectivity index (χ0) is 17.0. The summed E-state index contributed by atoms with van der Waals surface area (Å²) in [5.41, 5.74) is 1.67. The molecule has 0 saturated heterocycles. The van der Waals surface area contributed by atoms with Crippen LogP contribution >= 0.6 is 11.6 Å². The molecule has 2 amide bonds. The van der Waals surface area contributed by atoms with Gasteiger partial charge in [-0.2, -0.15) is 0 Å². The van der Waals surface area contributed by atoms with Gasteiger partial charge in [-0.25, -0.2) is 4.79 Å². The van der Waals surface area contributed by atoms with Crippen molar-refractivity contribution in [2.45, 2.75) is 13.3 Å². The Labute approximate surface area is 135 Å². The van der Waals surface area contributed by atoms with Gasteiger partial charge in [-0.15, -0.1) is 13.2 Å². The number of hydrogen-bond acceptors (Lipinski definition) is 2. The largest absolute Gasteiger partial charge is 0.573 e. The molecule has 0 heterocycles. The van der Waals surface area contributed by atoms with Crippen molar-refractivity contribution < 1.29 is 22.7 Å². The number of urea groups is 1. The van der Waals surface area contributed by atoms with Gasteiger partial charge in [0.1, 0.15) is 5.75 Å². The number of nitrogens with one attached hydrogen (secondary N) is 2. The number of amides is 2. The maximum absolute atomic E-state index is 12.1. The molecule has 0 aromatic heterocycles. The molecule has 0 saturated carbocycles. The van der Waals surface area contributed by atoms with Crippen LogP contribution in [0.5, 0.6) is 5.75 Å². The van der Waals surface area contributed by atoms with E-state index in [1.54, 1.807) is 25.1 Å². The molecule has 8 heteroatoms. The summed E-state index contributed by atoms with van der Waals surface area (Å²) in [6.45, 7) is 1.80. The van der Waals surface area contributed by atoms with Gasteiger partial charge in [-0.1, -0.05) is 17.7 Å². The highest BCUT2D eigenvalue weighted by atomic mass is 35.5. The molecule has 0 atom stereocenters. The SMILES string of the molecule is Cc1ccc(Cl)cc1NC(=O)Nc1ccc(OC(F)(F)F)cc1. The zero-order valence-electron chi connectivity index (χ0n) is 11.9. The van der Waals surface area contributed by atoms with E-state index in [1.807, 2.05) is 0 Å². The van der Waals surface area contributed by atoms with E-state index >= 15 is 0 Å². The van der Waals surface area contributed by atoms with Crippen molar-refractivity contribution in [3.05, 3.63) is 53.1 Å². The van der Waals surface area contributed by atoms with E-state index in [9.17, 15) is 18.0 Å². The van der Waals surface area contributed by atoms with Crippen molar-refractivity contribution in [3.63, 3.8) is 0 Å². The van der Waals surface area contributed by atoms with Crippen molar-refractivity contribution in [1.29, 1.82) is 0 Å². The lowest BCUT2D eigenvalue weighted by atomic mass is 10.2. The Bertz CT molecular complexity index is 703. The van der Waals surface area contributed by atoms with Crippen LogP contribution in [0.3, 0.4) is 0 Å². The lowest BCUT2D eigenvalue weighted by Gasteiger charge is -2.11. The number of anilines is 2. The smallest absolute Gasteiger partial charge is 0.406 e. The molecule has 2 aromatic carbocycles. The van der Waals surface area contributed by atoms with Crippen LogP contribution in [0.4, 0.5) is 29.3 Å². The van der Waals surface area contributed by atoms with Gasteiger partial charge in [0.05, 0.1) is 0 Å². The fraction of sp³-hybridized carbons (Fsp3) is 0.133. The highest BCUT2D eigenvalue weighted by Crippen LogP contribution is 2.24. The second kappa shape index (κ2) is 6.78. The van der Waals surface area contributed by atoms with E-state index in [2.05, 4.69) is 15.4 Å². The predicted molar refractivity (Wildman–Crippen MR) is 82.0 cm³/mol. The zero-order valence-corrected chi connectivity index (χ0v) is 12.6. The van der Waals surface area contributed by atoms with Gasteiger partial charge in [0.15, 0.2) is 0 Å². The fourth-order valence-corrected chi connectivity index (χ4v) is 1.93. The van der Waals surface area contributed by atoms with Gasteiger partial charge >= 0.3 is 12.4 Å². The number of ether oxygens (including phenoxy) is 1. The van der Waals surface area contributed by atoms with Gasteiger partial charge in [0.25, 0.3) is 0 Å². The Hall–Kier alpha value is -2.41. The molecule has 0 spiro atoms. The minimum Gasteiger partial charge on any atom is -0.406 e. The number of carbonyl (C=O) groups excluding carboxylic acids is 1. The molecule has 0 unspecified atom stereocenters. The first-order valence-corrected chi connectivity index (χ1v) is 6.81. The normalized spacial score (nSPS) is 11.0. The molecule has 0 aliphatic carbocycles. The minimum absolute atomic E-state index is 0.316. The van der Waals surface area contributed by atoms with E-state index in [0.29, 0.717) is 16.4 Å². The molecule has 0 aliphatic heterocycles. The van der Waals surface area contributed by atoms with Gasteiger partial charge < -0.3 is 15.4 Å². The second-order valence-corrected chi connectivity index (χ2v) is 5.05. The van der Waals surface area contributed by atoms with Crippen LogP contribution in [0.15, 0.2) is 42.5 Å². The van der Waals surface area contributed by atoms with Gasteiger partial charge in [-0.05, 0) is 48.9 Å². The molecule has 2 aromatic rings. The summed E-state index contributed by atoms with van der Waals surface area (Å²) < 4.78 is 39.9. The Morgan fingerprint density at radius 1 is 1.09 bits per heavy atom. The van der Waals surface area contributed by atoms with E-state index in [0.717, 1.165) is 17.7 Å². The summed E-state index contributed by atoms with van der Waals surface area (Å²) in [5.74, 6) is -0.367. The van der Waals surface area contributed by atoms with Gasteiger partial charge in [0, 0.05) is 16.4 Å². The first-order chi connectivity index (χ1) is 10.7. The number of halogens is 4. The summed E-state index contributed by atoms with van der Waals surface area (Å²) in [6.07, 6.45) is -4.75. The molecule has 0 aliphatic rings. The number of rotatable bonds is 3. The summed E-state index contributed by atoms with van der Waals surface area (Å²) in [7, 11) is 0. The standard InChI is InChI=1S/C15H12ClF3N2O2/c1-9-2-3-10(16)8-13(9)21-14(22)20-11-4-6-12(7-5-11)23-15(17,18)19/h2-8H,1H3,(H2,20,21,22). The Morgan fingerprint density at radius 3 is 2.35 bits per heavy atom. The molecule has 2 N–H and O–H groups in total. The number of carbonyl (C=O) groups is 1. The van der Waals surface area contributed by atoms with Crippen molar-refractivity contribution in [1.82, 2.24) is 0 Å². The molecule has 0 radical (unpaired) electrons. The second-order valence-electron chi connectivity index (χ2n) is 4.61. The average molecular weight is 345 g/mol. The van der Waals surface area contributed by atoms with Crippen LogP contribution in [-0.2, 0) is 0 Å². The van der Waals surface area contributed by atoms with Gasteiger partial charge in [0.2, 0.25) is 0 Å². The van der Waals surface area contributed by atoms with Crippen molar-refractivity contribution in [3.8, 4) is 5.75 Å². The first kappa shape index (κ1) is 17.0. The van der Waals surface area contributed by atoms with Crippen LogP contribution in [0.1, 0.15) is 5.56 Å². The van der Waals surface area contributed by atoms with E-state index in [4.69, 9.17) is 11.6 Å². The maximum atomic E-state index is 12.1. The molecular weight excluding hydrogens is 333 g/mol. The third kappa shape index (κ3) is 5.37. The van der Waals surface area contributed by atoms with Crippen molar-refractivity contribution >= 4 is 29.0 Å². The Morgan fingerprint density at radius 2 is 1.74 bits per heavy atom. The number of hydrogen-bond donors (Lipinski definition) is 2. The summed E-state index contributed by atoms with van der Waals surface area (Å²) in [5, 5.41) is 5.58. The predicted octanol–water partition coefficient (Wildman–Crippen LogP) is 5.19. The molecule has 23 heavy (non-hydrogen) atoms. The quantitative estimate of drug-likeness (QED) is 0.805. The molecule has 2 rings (SSSR count). The van der Waals surface area contributed by atoms with E-state index in [-0.39, 0.29) is 5.75 Å². The Balaban J connectivity index is 1.99. The van der Waals surface area contributed by atoms with Crippen LogP contribution < -0.4 is 15.4 Å². The lowest BCUT2D eigenvalue weighted by molar-refractivity contribution is -0.274. The highest BCUT2D eigenvalue weighted by Gasteiger charge is 2.30. The monoisotopic (exact) mass is 344 g/mol. The fourth-order valence-electron chi connectivity index (χ4n) is 1.75. The Kier molecular flexibility index (Phi) is 5.00. The topological polar surface area (TPSA) is 50.4 Å². The molecular formula is C15H12ClF3N2O2. The minimum atomic E-state index is -4.75. The third-order valence-corrected chi connectivity index (χ3v) is 3.03. The number of alkyl halides is 3. The van der Waals surface area contributed by atoms with E-state index in [1.165, 1.54) is 12.1 Å².